The van der Waals surface area contributed by atoms with Crippen molar-refractivity contribution in [3.63, 3.8) is 0 Å². The molecule has 0 heterocycles. The fourth-order valence-corrected chi connectivity index (χ4v) is 0.593. The molecule has 0 aliphatic carbocycles. The van der Waals surface area contributed by atoms with Crippen molar-refractivity contribution in [3.8, 4) is 0 Å². The first-order chi connectivity index (χ1) is 7.56. The molecule has 0 rings (SSSR count). The number of esters is 1. The van der Waals surface area contributed by atoms with E-state index in [9.17, 15) is 14.4 Å². The normalized spacial score (nSPS) is 9.25. The van der Waals surface area contributed by atoms with E-state index in [2.05, 4.69) is 21.1 Å². The van der Waals surface area contributed by atoms with Gasteiger partial charge in [0.1, 0.15) is 13.2 Å². The van der Waals surface area contributed by atoms with Crippen LogP contribution in [0.15, 0.2) is 12.7 Å². The van der Waals surface area contributed by atoms with Crippen LogP contribution in [-0.4, -0.2) is 36.2 Å². The molecule has 0 unspecified atom stereocenters. The molecule has 0 saturated heterocycles. The molecule has 0 aliphatic heterocycles. The monoisotopic (exact) mass is 232 g/mol. The van der Waals surface area contributed by atoms with Crippen LogP contribution in [0.3, 0.4) is 0 Å². The number of carboxylic acid groups (broad SMARTS) is 1. The maximum absolute atomic E-state index is 10.8. The lowest BCUT2D eigenvalue weighted by Crippen LogP contribution is -2.12. The Morgan fingerprint density at radius 1 is 1.19 bits per heavy atom. The Labute approximate surface area is 91.5 Å². The van der Waals surface area contributed by atoms with Crippen molar-refractivity contribution in [3.05, 3.63) is 12.7 Å². The van der Waals surface area contributed by atoms with E-state index in [1.807, 2.05) is 0 Å². The molecule has 16 heavy (non-hydrogen) atoms. The molecule has 0 aliphatic rings. The fourth-order valence-electron chi connectivity index (χ4n) is 0.593. The highest BCUT2D eigenvalue weighted by Gasteiger charge is 2.07. The lowest BCUT2D eigenvalue weighted by molar-refractivity contribution is -0.275. The summed E-state index contributed by atoms with van der Waals surface area (Å²) in [5.74, 6) is -2.50. The number of aliphatic carboxylic acids is 1. The number of ether oxygens (including phenoxy) is 1. The van der Waals surface area contributed by atoms with E-state index in [4.69, 9.17) is 5.11 Å². The zero-order valence-corrected chi connectivity index (χ0v) is 8.51. The zero-order valence-electron chi connectivity index (χ0n) is 8.51. The van der Waals surface area contributed by atoms with E-state index in [0.29, 0.717) is 0 Å². The topological polar surface area (TPSA) is 99.1 Å². The van der Waals surface area contributed by atoms with Gasteiger partial charge in [-0.3, -0.25) is 9.68 Å². The van der Waals surface area contributed by atoms with Gasteiger partial charge in [0.25, 0.3) is 0 Å². The largest absolute Gasteiger partial charge is 0.481 e. The molecule has 0 amide bonds. The van der Waals surface area contributed by atoms with Gasteiger partial charge in [0.2, 0.25) is 0 Å². The molecule has 0 aromatic carbocycles. The molecule has 0 spiro atoms. The van der Waals surface area contributed by atoms with Gasteiger partial charge in [0.05, 0.1) is 12.8 Å². The number of carbonyl (C=O) groups excluding carboxylic acids is 2. The van der Waals surface area contributed by atoms with Crippen LogP contribution in [0.1, 0.15) is 12.8 Å². The molecule has 0 aromatic rings. The molecule has 0 atom stereocenters. The molecule has 7 nitrogen and oxygen atoms in total. The maximum Gasteiger partial charge on any atom is 0.342 e. The molecule has 0 bridgehead atoms. The van der Waals surface area contributed by atoms with Crippen LogP contribution >= 0.6 is 0 Å². The van der Waals surface area contributed by atoms with Crippen molar-refractivity contribution in [1.29, 1.82) is 0 Å². The Balaban J connectivity index is 3.37. The van der Waals surface area contributed by atoms with Crippen molar-refractivity contribution >= 4 is 17.9 Å². The summed E-state index contributed by atoms with van der Waals surface area (Å²) in [4.78, 5) is 39.9. The van der Waals surface area contributed by atoms with Crippen molar-refractivity contribution < 1.29 is 34.0 Å². The Morgan fingerprint density at radius 2 is 1.88 bits per heavy atom. The second-order valence-electron chi connectivity index (χ2n) is 2.54. The van der Waals surface area contributed by atoms with Gasteiger partial charge in [0, 0.05) is 6.08 Å². The summed E-state index contributed by atoms with van der Waals surface area (Å²) in [7, 11) is 0. The van der Waals surface area contributed by atoms with Gasteiger partial charge in [-0.25, -0.2) is 9.59 Å². The number of carbonyl (C=O) groups is 3. The highest BCUT2D eigenvalue weighted by atomic mass is 17.2. The highest BCUT2D eigenvalue weighted by Crippen LogP contribution is 1.93. The summed E-state index contributed by atoms with van der Waals surface area (Å²) in [6.07, 6.45) is 0.383. The quantitative estimate of drug-likeness (QED) is 0.207. The van der Waals surface area contributed by atoms with E-state index in [0.717, 1.165) is 6.08 Å². The molecule has 7 heteroatoms. The molecule has 0 aromatic heterocycles. The lowest BCUT2D eigenvalue weighted by Gasteiger charge is -2.03. The van der Waals surface area contributed by atoms with Crippen LogP contribution in [-0.2, 0) is 28.9 Å². The standard InChI is InChI=1S/C9H12O7/c1-2-8(12)14-5-6-15-16-9(13)4-3-7(10)11/h2H,1,3-6H2,(H,10,11). The van der Waals surface area contributed by atoms with E-state index >= 15 is 0 Å². The van der Waals surface area contributed by atoms with E-state index in [-0.39, 0.29) is 26.1 Å². The molecular weight excluding hydrogens is 220 g/mol. The van der Waals surface area contributed by atoms with Crippen LogP contribution in [0.25, 0.3) is 0 Å². The van der Waals surface area contributed by atoms with Gasteiger partial charge in [0.15, 0.2) is 0 Å². The third kappa shape index (κ3) is 8.70. The Bertz CT molecular complexity index is 271. The van der Waals surface area contributed by atoms with Gasteiger partial charge in [-0.2, -0.15) is 4.89 Å². The number of hydrogen-bond acceptors (Lipinski definition) is 6. The van der Waals surface area contributed by atoms with Crippen molar-refractivity contribution in [2.45, 2.75) is 12.8 Å². The molecule has 90 valence electrons. The Kier molecular flexibility index (Phi) is 7.43. The maximum atomic E-state index is 10.8. The summed E-state index contributed by atoms with van der Waals surface area (Å²) >= 11 is 0. The van der Waals surface area contributed by atoms with Crippen molar-refractivity contribution in [2.75, 3.05) is 13.2 Å². The molecule has 1 N–H and O–H groups in total. The SMILES string of the molecule is C=CC(=O)OCCOOC(=O)CCC(=O)O. The van der Waals surface area contributed by atoms with Crippen LogP contribution in [0, 0.1) is 0 Å². The second kappa shape index (κ2) is 8.42. The molecule has 0 saturated carbocycles. The average Bonchev–Trinajstić information content (AvgIpc) is 2.25. The molecular formula is C9H12O7. The summed E-state index contributed by atoms with van der Waals surface area (Å²) in [6.45, 7) is 2.96. The highest BCUT2D eigenvalue weighted by molar-refractivity contribution is 5.81. The van der Waals surface area contributed by atoms with Gasteiger partial charge >= 0.3 is 17.9 Å². The predicted octanol–water partition coefficient (Wildman–Crippen LogP) is 0.0552. The summed E-state index contributed by atoms with van der Waals surface area (Å²) < 4.78 is 4.50. The van der Waals surface area contributed by atoms with Gasteiger partial charge < -0.3 is 9.84 Å². The minimum atomic E-state index is -1.10. The van der Waals surface area contributed by atoms with Crippen LogP contribution < -0.4 is 0 Å². The molecule has 0 fully saturated rings. The van der Waals surface area contributed by atoms with Crippen molar-refractivity contribution in [2.24, 2.45) is 0 Å². The first kappa shape index (κ1) is 14.1. The third-order valence-corrected chi connectivity index (χ3v) is 1.27. The first-order valence-corrected chi connectivity index (χ1v) is 4.39. The van der Waals surface area contributed by atoms with Gasteiger partial charge in [-0.1, -0.05) is 6.58 Å². The first-order valence-electron chi connectivity index (χ1n) is 4.39. The second-order valence-corrected chi connectivity index (χ2v) is 2.54. The smallest absolute Gasteiger partial charge is 0.342 e. The molecule has 0 radical (unpaired) electrons. The Hall–Kier alpha value is -1.89. The average molecular weight is 232 g/mol. The van der Waals surface area contributed by atoms with Crippen molar-refractivity contribution in [1.82, 2.24) is 0 Å². The third-order valence-electron chi connectivity index (χ3n) is 1.27. The minimum Gasteiger partial charge on any atom is -0.481 e. The van der Waals surface area contributed by atoms with Crippen LogP contribution in [0.5, 0.6) is 0 Å². The van der Waals surface area contributed by atoms with E-state index in [1.54, 1.807) is 0 Å². The zero-order chi connectivity index (χ0) is 12.4. The number of rotatable bonds is 8. The number of hydrogen-bond donors (Lipinski definition) is 1. The number of carboxylic acids is 1. The lowest BCUT2D eigenvalue weighted by atomic mass is 10.3. The summed E-state index contributed by atoms with van der Waals surface area (Å²) in [5.41, 5.74) is 0. The van der Waals surface area contributed by atoms with Gasteiger partial charge in [-0.05, 0) is 0 Å². The van der Waals surface area contributed by atoms with E-state index in [1.165, 1.54) is 0 Å². The minimum absolute atomic E-state index is 0.0862. The fraction of sp³-hybridized carbons (Fsp3) is 0.444. The predicted molar refractivity (Wildman–Crippen MR) is 50.1 cm³/mol. The van der Waals surface area contributed by atoms with E-state index < -0.39 is 17.9 Å². The van der Waals surface area contributed by atoms with Crippen LogP contribution in [0.2, 0.25) is 0 Å². The van der Waals surface area contributed by atoms with Crippen LogP contribution in [0.4, 0.5) is 0 Å². The summed E-state index contributed by atoms with van der Waals surface area (Å²) in [6, 6.07) is 0. The summed E-state index contributed by atoms with van der Waals surface area (Å²) in [5, 5.41) is 8.24. The Morgan fingerprint density at radius 3 is 2.44 bits per heavy atom. The van der Waals surface area contributed by atoms with Gasteiger partial charge in [-0.15, -0.1) is 0 Å².